The van der Waals surface area contributed by atoms with Crippen LogP contribution in [0.1, 0.15) is 12.8 Å². The first-order chi connectivity index (χ1) is 8.61. The molecule has 0 aromatic carbocycles. The van der Waals surface area contributed by atoms with E-state index < -0.39 is 0 Å². The van der Waals surface area contributed by atoms with E-state index in [1.807, 2.05) is 0 Å². The highest BCUT2D eigenvalue weighted by atomic mass is 16.5. The minimum absolute atomic E-state index is 0.309. The van der Waals surface area contributed by atoms with Gasteiger partial charge >= 0.3 is 0 Å². The molecule has 0 radical (unpaired) electrons. The maximum atomic E-state index is 10.7. The molecule has 0 aliphatic carbocycles. The van der Waals surface area contributed by atoms with Gasteiger partial charge in [0.05, 0.1) is 7.11 Å². The van der Waals surface area contributed by atoms with E-state index >= 15 is 0 Å². The van der Waals surface area contributed by atoms with Crippen molar-refractivity contribution < 1.29 is 9.53 Å². The molecule has 2 aromatic heterocycles. The standard InChI is InChI=1S/C11H15N5O2/c1-18-9-5-4-7-10(15-9)16(11(13)14-7)6-2-3-8(12)17/h4-5H,2-3,6H2,1H3,(H2,12,17)(H2,13,14). The number of carbonyl (C=O) groups excluding carboxylic acids is 1. The van der Waals surface area contributed by atoms with Crippen molar-refractivity contribution in [3.63, 3.8) is 0 Å². The van der Waals surface area contributed by atoms with Gasteiger partial charge in [-0.15, -0.1) is 0 Å². The predicted octanol–water partition coefficient (Wildman–Crippen LogP) is 0.288. The van der Waals surface area contributed by atoms with Crippen LogP contribution in [-0.2, 0) is 11.3 Å². The fourth-order valence-corrected chi connectivity index (χ4v) is 1.75. The minimum atomic E-state index is -0.330. The van der Waals surface area contributed by atoms with Gasteiger partial charge in [-0.3, -0.25) is 9.36 Å². The summed E-state index contributed by atoms with van der Waals surface area (Å²) in [6.45, 7) is 0.547. The molecule has 7 nitrogen and oxygen atoms in total. The summed E-state index contributed by atoms with van der Waals surface area (Å²) in [6.07, 6.45) is 0.910. The molecule has 0 spiro atoms. The molecule has 0 unspecified atom stereocenters. The van der Waals surface area contributed by atoms with Crippen molar-refractivity contribution in [2.75, 3.05) is 12.8 Å². The third-order valence-electron chi connectivity index (χ3n) is 2.61. The molecule has 96 valence electrons. The van der Waals surface area contributed by atoms with Crippen LogP contribution in [0.5, 0.6) is 5.88 Å². The second kappa shape index (κ2) is 4.91. The van der Waals surface area contributed by atoms with Gasteiger partial charge in [0.2, 0.25) is 17.7 Å². The number of imidazole rings is 1. The fraction of sp³-hybridized carbons (Fsp3) is 0.364. The molecular formula is C11H15N5O2. The number of aryl methyl sites for hydroxylation is 1. The van der Waals surface area contributed by atoms with Crippen LogP contribution < -0.4 is 16.2 Å². The summed E-state index contributed by atoms with van der Waals surface area (Å²) in [5.74, 6) is 0.539. The molecule has 2 aromatic rings. The lowest BCUT2D eigenvalue weighted by Crippen LogP contribution is -2.12. The second-order valence-corrected chi connectivity index (χ2v) is 3.89. The number of ether oxygens (including phenoxy) is 1. The molecule has 2 rings (SSSR count). The Balaban J connectivity index is 2.29. The van der Waals surface area contributed by atoms with Gasteiger partial charge in [-0.1, -0.05) is 0 Å². The van der Waals surface area contributed by atoms with Gasteiger partial charge in [0.15, 0.2) is 5.65 Å². The van der Waals surface area contributed by atoms with Gasteiger partial charge in [0, 0.05) is 19.0 Å². The average Bonchev–Trinajstić information content (AvgIpc) is 2.64. The number of hydrogen-bond acceptors (Lipinski definition) is 5. The van der Waals surface area contributed by atoms with E-state index in [0.29, 0.717) is 42.4 Å². The lowest BCUT2D eigenvalue weighted by Gasteiger charge is -2.05. The monoisotopic (exact) mass is 249 g/mol. The van der Waals surface area contributed by atoms with Crippen LogP contribution in [0.15, 0.2) is 12.1 Å². The number of nitrogen functional groups attached to an aromatic ring is 1. The van der Waals surface area contributed by atoms with Crippen LogP contribution in [0, 0.1) is 0 Å². The summed E-state index contributed by atoms with van der Waals surface area (Å²) < 4.78 is 6.81. The van der Waals surface area contributed by atoms with Crippen molar-refractivity contribution in [1.29, 1.82) is 0 Å². The molecule has 0 atom stereocenters. The molecule has 18 heavy (non-hydrogen) atoms. The Labute approximate surface area is 104 Å². The highest BCUT2D eigenvalue weighted by molar-refractivity contribution is 5.75. The van der Waals surface area contributed by atoms with Crippen LogP contribution >= 0.6 is 0 Å². The fourth-order valence-electron chi connectivity index (χ4n) is 1.75. The zero-order chi connectivity index (χ0) is 13.1. The largest absolute Gasteiger partial charge is 0.481 e. The Morgan fingerprint density at radius 3 is 2.89 bits per heavy atom. The van der Waals surface area contributed by atoms with E-state index in [-0.39, 0.29) is 5.91 Å². The molecule has 2 heterocycles. The van der Waals surface area contributed by atoms with Crippen molar-refractivity contribution in [1.82, 2.24) is 14.5 Å². The number of amides is 1. The van der Waals surface area contributed by atoms with E-state index in [1.165, 1.54) is 0 Å². The van der Waals surface area contributed by atoms with E-state index in [1.54, 1.807) is 23.8 Å². The van der Waals surface area contributed by atoms with Crippen LogP contribution in [0.25, 0.3) is 11.2 Å². The zero-order valence-electron chi connectivity index (χ0n) is 10.1. The Bertz CT molecular complexity index is 578. The van der Waals surface area contributed by atoms with Crippen molar-refractivity contribution >= 4 is 23.0 Å². The third kappa shape index (κ3) is 2.34. The van der Waals surface area contributed by atoms with Gasteiger partial charge in [-0.25, -0.2) is 4.98 Å². The topological polar surface area (TPSA) is 109 Å². The highest BCUT2D eigenvalue weighted by Crippen LogP contribution is 2.19. The maximum absolute atomic E-state index is 10.7. The Morgan fingerprint density at radius 2 is 2.22 bits per heavy atom. The molecule has 0 aliphatic rings. The van der Waals surface area contributed by atoms with Crippen molar-refractivity contribution in [3.8, 4) is 5.88 Å². The van der Waals surface area contributed by atoms with Crippen LogP contribution in [-0.4, -0.2) is 27.6 Å². The molecule has 7 heteroatoms. The number of primary amides is 1. The van der Waals surface area contributed by atoms with Gasteiger partial charge in [0.25, 0.3) is 0 Å². The minimum Gasteiger partial charge on any atom is -0.481 e. The van der Waals surface area contributed by atoms with E-state index in [4.69, 9.17) is 16.2 Å². The molecule has 0 saturated heterocycles. The van der Waals surface area contributed by atoms with Gasteiger partial charge < -0.3 is 16.2 Å². The maximum Gasteiger partial charge on any atom is 0.217 e. The number of anilines is 1. The number of pyridine rings is 1. The Morgan fingerprint density at radius 1 is 1.44 bits per heavy atom. The molecule has 0 saturated carbocycles. The number of nitrogens with two attached hydrogens (primary N) is 2. The van der Waals surface area contributed by atoms with E-state index in [0.717, 1.165) is 0 Å². The van der Waals surface area contributed by atoms with E-state index in [2.05, 4.69) is 9.97 Å². The molecule has 1 amide bonds. The molecular weight excluding hydrogens is 234 g/mol. The van der Waals surface area contributed by atoms with Crippen LogP contribution in [0.4, 0.5) is 5.95 Å². The quantitative estimate of drug-likeness (QED) is 0.791. The Hall–Kier alpha value is -2.31. The normalized spacial score (nSPS) is 10.7. The summed E-state index contributed by atoms with van der Waals surface area (Å²) in [5.41, 5.74) is 12.3. The number of nitrogens with zero attached hydrogens (tertiary/aromatic N) is 3. The SMILES string of the molecule is COc1ccc2nc(N)n(CCCC(N)=O)c2n1. The van der Waals surface area contributed by atoms with Crippen LogP contribution in [0.3, 0.4) is 0 Å². The number of hydrogen-bond donors (Lipinski definition) is 2. The summed E-state index contributed by atoms with van der Waals surface area (Å²) in [4.78, 5) is 19.2. The third-order valence-corrected chi connectivity index (χ3v) is 2.61. The summed E-state index contributed by atoms with van der Waals surface area (Å²) in [5, 5.41) is 0. The van der Waals surface area contributed by atoms with Gasteiger partial charge in [0.1, 0.15) is 5.52 Å². The lowest BCUT2D eigenvalue weighted by atomic mass is 10.3. The number of aromatic nitrogens is 3. The summed E-state index contributed by atoms with van der Waals surface area (Å²) >= 11 is 0. The number of rotatable bonds is 5. The zero-order valence-corrected chi connectivity index (χ0v) is 10.1. The molecule has 0 bridgehead atoms. The molecule has 0 fully saturated rings. The van der Waals surface area contributed by atoms with Crippen molar-refractivity contribution in [2.45, 2.75) is 19.4 Å². The van der Waals surface area contributed by atoms with Crippen LogP contribution in [0.2, 0.25) is 0 Å². The van der Waals surface area contributed by atoms with Crippen molar-refractivity contribution in [3.05, 3.63) is 12.1 Å². The predicted molar refractivity (Wildman–Crippen MR) is 66.9 cm³/mol. The first kappa shape index (κ1) is 12.2. The lowest BCUT2D eigenvalue weighted by molar-refractivity contribution is -0.118. The first-order valence-electron chi connectivity index (χ1n) is 5.57. The van der Waals surface area contributed by atoms with Crippen molar-refractivity contribution in [2.24, 2.45) is 5.73 Å². The summed E-state index contributed by atoms with van der Waals surface area (Å²) in [6, 6.07) is 3.52. The number of carbonyl (C=O) groups is 1. The van der Waals surface area contributed by atoms with E-state index in [9.17, 15) is 4.79 Å². The highest BCUT2D eigenvalue weighted by Gasteiger charge is 2.10. The number of methoxy groups -OCH3 is 1. The van der Waals surface area contributed by atoms with Gasteiger partial charge in [-0.2, -0.15) is 4.98 Å². The van der Waals surface area contributed by atoms with Gasteiger partial charge in [-0.05, 0) is 12.5 Å². The average molecular weight is 249 g/mol. The summed E-state index contributed by atoms with van der Waals surface area (Å²) in [7, 11) is 1.55. The smallest absolute Gasteiger partial charge is 0.217 e. The molecule has 4 N–H and O–H groups in total. The number of fused-ring (bicyclic) bond motifs is 1. The first-order valence-corrected chi connectivity index (χ1v) is 5.57. The molecule has 0 aliphatic heterocycles. The second-order valence-electron chi connectivity index (χ2n) is 3.89. The Kier molecular flexibility index (Phi) is 3.31.